The van der Waals surface area contributed by atoms with Gasteiger partial charge in [-0.3, -0.25) is 9.78 Å². The van der Waals surface area contributed by atoms with Crippen LogP contribution in [0, 0.1) is 0 Å². The van der Waals surface area contributed by atoms with Crippen molar-refractivity contribution < 1.29 is 4.79 Å². The molecule has 2 N–H and O–H groups in total. The van der Waals surface area contributed by atoms with Crippen LogP contribution in [0.15, 0.2) is 61.1 Å². The van der Waals surface area contributed by atoms with Gasteiger partial charge in [0.25, 0.3) is 5.91 Å². The van der Waals surface area contributed by atoms with Crippen LogP contribution in [0.25, 0.3) is 0 Å². The zero-order valence-corrected chi connectivity index (χ0v) is 13.8. The van der Waals surface area contributed by atoms with E-state index in [4.69, 9.17) is 23.2 Å². The maximum absolute atomic E-state index is 12.0. The monoisotopic (exact) mass is 358 g/mol. The lowest BCUT2D eigenvalue weighted by molar-refractivity contribution is 0.102. The Kier molecular flexibility index (Phi) is 4.93. The zero-order chi connectivity index (χ0) is 16.9. The van der Waals surface area contributed by atoms with Crippen LogP contribution in [-0.2, 0) is 0 Å². The predicted octanol–water partition coefficient (Wildman–Crippen LogP) is 4.78. The number of halogens is 2. The minimum Gasteiger partial charge on any atom is -0.353 e. The largest absolute Gasteiger partial charge is 0.353 e. The molecule has 5 nitrogen and oxygen atoms in total. The van der Waals surface area contributed by atoms with Gasteiger partial charge in [0.1, 0.15) is 5.82 Å². The maximum atomic E-state index is 12.0. The van der Waals surface area contributed by atoms with Crippen molar-refractivity contribution >= 4 is 46.3 Å². The second-order valence-corrected chi connectivity index (χ2v) is 5.64. The first-order valence-electron chi connectivity index (χ1n) is 7.02. The molecule has 0 aliphatic heterocycles. The molecule has 0 radical (unpaired) electrons. The number of anilines is 3. The SMILES string of the molecule is O=C(Nc1ccc(Nc2cccc(Cl)c2Cl)cn1)c1cccnc1. The molecular formula is C17H12Cl2N4O. The number of nitrogens with one attached hydrogen (secondary N) is 2. The number of carbonyl (C=O) groups excluding carboxylic acids is 1. The van der Waals surface area contributed by atoms with Gasteiger partial charge in [0, 0.05) is 12.4 Å². The molecule has 0 atom stereocenters. The van der Waals surface area contributed by atoms with Gasteiger partial charge in [0.15, 0.2) is 0 Å². The molecule has 0 bridgehead atoms. The maximum Gasteiger partial charge on any atom is 0.258 e. The average Bonchev–Trinajstić information content (AvgIpc) is 2.61. The molecule has 1 amide bonds. The summed E-state index contributed by atoms with van der Waals surface area (Å²) in [5.41, 5.74) is 1.86. The van der Waals surface area contributed by atoms with Gasteiger partial charge in [-0.25, -0.2) is 4.98 Å². The Morgan fingerprint density at radius 1 is 1.00 bits per heavy atom. The van der Waals surface area contributed by atoms with E-state index >= 15 is 0 Å². The average molecular weight is 359 g/mol. The zero-order valence-electron chi connectivity index (χ0n) is 12.3. The second-order valence-electron chi connectivity index (χ2n) is 4.85. The summed E-state index contributed by atoms with van der Waals surface area (Å²) in [6.45, 7) is 0. The molecule has 7 heteroatoms. The van der Waals surface area contributed by atoms with Crippen molar-refractivity contribution in [2.24, 2.45) is 0 Å². The Balaban J connectivity index is 1.69. The number of amides is 1. The van der Waals surface area contributed by atoms with Crippen molar-refractivity contribution in [3.05, 3.63) is 76.7 Å². The van der Waals surface area contributed by atoms with Gasteiger partial charge in [0.2, 0.25) is 0 Å². The molecule has 120 valence electrons. The number of pyridine rings is 2. The van der Waals surface area contributed by atoms with Gasteiger partial charge < -0.3 is 10.6 Å². The number of aromatic nitrogens is 2. The lowest BCUT2D eigenvalue weighted by Crippen LogP contribution is -2.13. The molecule has 0 aliphatic rings. The fourth-order valence-corrected chi connectivity index (χ4v) is 2.33. The van der Waals surface area contributed by atoms with Crippen LogP contribution in [0.1, 0.15) is 10.4 Å². The minimum absolute atomic E-state index is 0.269. The van der Waals surface area contributed by atoms with E-state index < -0.39 is 0 Å². The smallest absolute Gasteiger partial charge is 0.258 e. The van der Waals surface area contributed by atoms with Crippen molar-refractivity contribution in [3.8, 4) is 0 Å². The van der Waals surface area contributed by atoms with E-state index in [1.807, 2.05) is 6.07 Å². The van der Waals surface area contributed by atoms with Crippen LogP contribution < -0.4 is 10.6 Å². The molecule has 0 saturated carbocycles. The Labute approximate surface area is 148 Å². The Hall–Kier alpha value is -2.63. The molecule has 0 aliphatic carbocycles. The highest BCUT2D eigenvalue weighted by Crippen LogP contribution is 2.31. The molecule has 0 fully saturated rings. The Morgan fingerprint density at radius 2 is 1.88 bits per heavy atom. The summed E-state index contributed by atoms with van der Waals surface area (Å²) >= 11 is 12.1. The lowest BCUT2D eigenvalue weighted by Gasteiger charge is -2.10. The van der Waals surface area contributed by atoms with Crippen LogP contribution >= 0.6 is 23.2 Å². The molecule has 2 heterocycles. The molecule has 3 rings (SSSR count). The molecule has 1 aromatic carbocycles. The van der Waals surface area contributed by atoms with E-state index in [9.17, 15) is 4.79 Å². The van der Waals surface area contributed by atoms with E-state index in [-0.39, 0.29) is 5.91 Å². The first-order chi connectivity index (χ1) is 11.6. The minimum atomic E-state index is -0.269. The van der Waals surface area contributed by atoms with Gasteiger partial charge in [-0.15, -0.1) is 0 Å². The summed E-state index contributed by atoms with van der Waals surface area (Å²) < 4.78 is 0. The van der Waals surface area contributed by atoms with E-state index in [2.05, 4.69) is 20.6 Å². The number of hydrogen-bond acceptors (Lipinski definition) is 4. The fourth-order valence-electron chi connectivity index (χ4n) is 1.98. The molecule has 0 unspecified atom stereocenters. The van der Waals surface area contributed by atoms with Crippen LogP contribution in [0.3, 0.4) is 0 Å². The second kappa shape index (κ2) is 7.29. The van der Waals surface area contributed by atoms with Crippen molar-refractivity contribution in [1.82, 2.24) is 9.97 Å². The fraction of sp³-hybridized carbons (Fsp3) is 0. The third-order valence-electron chi connectivity index (χ3n) is 3.16. The summed E-state index contributed by atoms with van der Waals surface area (Å²) in [6.07, 6.45) is 4.69. The standard InChI is InChI=1S/C17H12Cl2N4O/c18-13-4-1-5-14(16(13)19)22-12-6-7-15(21-10-12)23-17(24)11-3-2-8-20-9-11/h1-10,22H,(H,21,23,24). The lowest BCUT2D eigenvalue weighted by atomic mass is 10.2. The molecule has 2 aromatic heterocycles. The van der Waals surface area contributed by atoms with Crippen molar-refractivity contribution in [2.75, 3.05) is 10.6 Å². The van der Waals surface area contributed by atoms with Gasteiger partial charge in [0.05, 0.1) is 33.2 Å². The third-order valence-corrected chi connectivity index (χ3v) is 3.98. The third kappa shape index (κ3) is 3.82. The van der Waals surface area contributed by atoms with Crippen molar-refractivity contribution in [1.29, 1.82) is 0 Å². The van der Waals surface area contributed by atoms with E-state index in [1.165, 1.54) is 6.20 Å². The van der Waals surface area contributed by atoms with E-state index in [1.54, 1.807) is 48.8 Å². The van der Waals surface area contributed by atoms with Gasteiger partial charge in [-0.1, -0.05) is 29.3 Å². The summed E-state index contributed by atoms with van der Waals surface area (Å²) in [4.78, 5) is 20.1. The summed E-state index contributed by atoms with van der Waals surface area (Å²) in [6, 6.07) is 12.2. The number of rotatable bonds is 4. The van der Waals surface area contributed by atoms with Gasteiger partial charge in [-0.05, 0) is 36.4 Å². The molecule has 0 spiro atoms. The Morgan fingerprint density at radius 3 is 2.58 bits per heavy atom. The number of hydrogen-bond donors (Lipinski definition) is 2. The van der Waals surface area contributed by atoms with E-state index in [0.29, 0.717) is 27.1 Å². The molecule has 3 aromatic rings. The summed E-state index contributed by atoms with van der Waals surface area (Å²) in [7, 11) is 0. The Bertz CT molecular complexity index is 854. The highest BCUT2D eigenvalue weighted by Gasteiger charge is 2.07. The van der Waals surface area contributed by atoms with E-state index in [0.717, 1.165) is 5.69 Å². The van der Waals surface area contributed by atoms with Gasteiger partial charge >= 0.3 is 0 Å². The predicted molar refractivity (Wildman–Crippen MR) is 96.2 cm³/mol. The number of benzene rings is 1. The first kappa shape index (κ1) is 16.2. The molecular weight excluding hydrogens is 347 g/mol. The quantitative estimate of drug-likeness (QED) is 0.704. The number of carbonyl (C=O) groups is 1. The molecule has 24 heavy (non-hydrogen) atoms. The van der Waals surface area contributed by atoms with Crippen molar-refractivity contribution in [3.63, 3.8) is 0 Å². The normalized spacial score (nSPS) is 10.2. The van der Waals surface area contributed by atoms with Gasteiger partial charge in [-0.2, -0.15) is 0 Å². The van der Waals surface area contributed by atoms with Crippen LogP contribution in [0.2, 0.25) is 10.0 Å². The summed E-state index contributed by atoms with van der Waals surface area (Å²) in [5.74, 6) is 0.167. The van der Waals surface area contributed by atoms with Crippen LogP contribution in [-0.4, -0.2) is 15.9 Å². The first-order valence-corrected chi connectivity index (χ1v) is 7.77. The van der Waals surface area contributed by atoms with Crippen molar-refractivity contribution in [2.45, 2.75) is 0 Å². The van der Waals surface area contributed by atoms with Crippen LogP contribution in [0.4, 0.5) is 17.2 Å². The summed E-state index contributed by atoms with van der Waals surface area (Å²) in [5, 5.41) is 6.73. The topological polar surface area (TPSA) is 66.9 Å². The van der Waals surface area contributed by atoms with Crippen LogP contribution in [0.5, 0.6) is 0 Å². The highest BCUT2D eigenvalue weighted by atomic mass is 35.5. The highest BCUT2D eigenvalue weighted by molar-refractivity contribution is 6.43. The molecule has 0 saturated heterocycles. The number of nitrogens with zero attached hydrogens (tertiary/aromatic N) is 2.